The number of para-hydroxylation sites is 1. The zero-order valence-corrected chi connectivity index (χ0v) is 11.7. The number of benzene rings is 1. The molecule has 1 aliphatic heterocycles. The number of hydrazone groups is 1. The topological polar surface area (TPSA) is 37.7 Å². The summed E-state index contributed by atoms with van der Waals surface area (Å²) in [5.74, 6) is 0. The highest BCUT2D eigenvalue weighted by atomic mass is 16.5. The van der Waals surface area contributed by atoms with Gasteiger partial charge in [0, 0.05) is 19.0 Å². The number of hydrogen-bond donors (Lipinski definition) is 0. The van der Waals surface area contributed by atoms with Crippen molar-refractivity contribution in [2.75, 3.05) is 20.3 Å². The molecule has 0 amide bonds. The average Bonchev–Trinajstić information content (AvgIpc) is 2.93. The number of ether oxygens (including phenoxy) is 1. The molecule has 4 heteroatoms. The molecular formula is C16H19N3O. The van der Waals surface area contributed by atoms with Crippen LogP contribution in [0.3, 0.4) is 0 Å². The van der Waals surface area contributed by atoms with Gasteiger partial charge in [-0.25, -0.2) is 4.98 Å². The van der Waals surface area contributed by atoms with Gasteiger partial charge in [0.05, 0.1) is 30.1 Å². The fourth-order valence-electron chi connectivity index (χ4n) is 2.62. The van der Waals surface area contributed by atoms with Crippen LogP contribution in [0, 0.1) is 0 Å². The molecule has 104 valence electrons. The van der Waals surface area contributed by atoms with Crippen LogP contribution in [-0.4, -0.2) is 42.5 Å². The molecule has 1 fully saturated rings. The summed E-state index contributed by atoms with van der Waals surface area (Å²) in [6.07, 6.45) is 4.17. The Morgan fingerprint density at radius 3 is 3.15 bits per heavy atom. The highest BCUT2D eigenvalue weighted by Gasteiger charge is 2.22. The van der Waals surface area contributed by atoms with Crippen molar-refractivity contribution < 1.29 is 4.74 Å². The molecule has 4 nitrogen and oxygen atoms in total. The van der Waals surface area contributed by atoms with Crippen molar-refractivity contribution in [2.45, 2.75) is 18.9 Å². The van der Waals surface area contributed by atoms with Crippen molar-refractivity contribution in [1.82, 2.24) is 9.99 Å². The minimum atomic E-state index is 0.400. The first-order chi connectivity index (χ1) is 9.86. The lowest BCUT2D eigenvalue weighted by atomic mass is 10.2. The van der Waals surface area contributed by atoms with E-state index in [0.29, 0.717) is 6.04 Å². The maximum absolute atomic E-state index is 5.23. The first-order valence-electron chi connectivity index (χ1n) is 7.02. The van der Waals surface area contributed by atoms with E-state index in [2.05, 4.69) is 27.2 Å². The third kappa shape index (κ3) is 2.80. The molecule has 0 aliphatic carbocycles. The molecule has 0 bridgehead atoms. The first-order valence-corrected chi connectivity index (χ1v) is 7.02. The van der Waals surface area contributed by atoms with Crippen LogP contribution in [0.2, 0.25) is 0 Å². The molecule has 1 saturated heterocycles. The molecule has 0 radical (unpaired) electrons. The number of methoxy groups -OCH3 is 1. The third-order valence-corrected chi connectivity index (χ3v) is 3.66. The molecule has 0 N–H and O–H groups in total. The molecule has 3 rings (SSSR count). The van der Waals surface area contributed by atoms with Crippen molar-refractivity contribution in [3.8, 4) is 0 Å². The van der Waals surface area contributed by atoms with Crippen LogP contribution in [0.1, 0.15) is 18.5 Å². The molecule has 2 heterocycles. The van der Waals surface area contributed by atoms with E-state index in [1.807, 2.05) is 30.5 Å². The van der Waals surface area contributed by atoms with E-state index in [0.717, 1.165) is 36.2 Å². The molecule has 1 aromatic carbocycles. The normalized spacial score (nSPS) is 19.2. The molecule has 0 unspecified atom stereocenters. The fraction of sp³-hybridized carbons (Fsp3) is 0.375. The monoisotopic (exact) mass is 269 g/mol. The summed E-state index contributed by atoms with van der Waals surface area (Å²) < 4.78 is 5.23. The van der Waals surface area contributed by atoms with Crippen LogP contribution < -0.4 is 0 Å². The SMILES string of the molecule is COC[C@@H]1CCCN1/N=C/c1ccc2ccccc2n1. The summed E-state index contributed by atoms with van der Waals surface area (Å²) in [5.41, 5.74) is 1.90. The van der Waals surface area contributed by atoms with Crippen molar-refractivity contribution in [1.29, 1.82) is 0 Å². The van der Waals surface area contributed by atoms with Gasteiger partial charge in [0.1, 0.15) is 0 Å². The summed E-state index contributed by atoms with van der Waals surface area (Å²) in [5, 5.41) is 7.83. The fourth-order valence-corrected chi connectivity index (χ4v) is 2.62. The standard InChI is InChI=1S/C16H19N3O/c1-20-12-15-6-4-10-19(15)17-11-14-9-8-13-5-2-3-7-16(13)18-14/h2-3,5,7-9,11,15H,4,6,10,12H2,1H3/b17-11+/t15-/m0/s1. The number of rotatable bonds is 4. The minimum absolute atomic E-state index is 0.400. The maximum Gasteiger partial charge on any atom is 0.0837 e. The molecule has 2 aromatic rings. The number of fused-ring (bicyclic) bond motifs is 1. The molecule has 20 heavy (non-hydrogen) atoms. The largest absolute Gasteiger partial charge is 0.382 e. The molecule has 1 atom stereocenters. The molecular weight excluding hydrogens is 250 g/mol. The van der Waals surface area contributed by atoms with E-state index < -0.39 is 0 Å². The van der Waals surface area contributed by atoms with Crippen molar-refractivity contribution >= 4 is 17.1 Å². The smallest absolute Gasteiger partial charge is 0.0837 e. The third-order valence-electron chi connectivity index (χ3n) is 3.66. The van der Waals surface area contributed by atoms with Crippen molar-refractivity contribution in [3.63, 3.8) is 0 Å². The quantitative estimate of drug-likeness (QED) is 0.801. The Kier molecular flexibility index (Phi) is 3.92. The summed E-state index contributed by atoms with van der Waals surface area (Å²) in [7, 11) is 1.74. The van der Waals surface area contributed by atoms with Crippen LogP contribution in [-0.2, 0) is 4.74 Å². The zero-order chi connectivity index (χ0) is 13.8. The predicted octanol–water partition coefficient (Wildman–Crippen LogP) is 2.68. The average molecular weight is 269 g/mol. The Morgan fingerprint density at radius 1 is 1.35 bits per heavy atom. The second-order valence-corrected chi connectivity index (χ2v) is 5.09. The Labute approximate surface area is 119 Å². The van der Waals surface area contributed by atoms with Crippen molar-refractivity contribution in [2.24, 2.45) is 5.10 Å². The number of aromatic nitrogens is 1. The zero-order valence-electron chi connectivity index (χ0n) is 11.7. The van der Waals surface area contributed by atoms with Crippen molar-refractivity contribution in [3.05, 3.63) is 42.1 Å². The van der Waals surface area contributed by atoms with Crippen LogP contribution in [0.15, 0.2) is 41.5 Å². The van der Waals surface area contributed by atoms with Crippen LogP contribution >= 0.6 is 0 Å². The molecule has 1 aliphatic rings. The van der Waals surface area contributed by atoms with E-state index >= 15 is 0 Å². The van der Waals surface area contributed by atoms with Gasteiger partial charge in [-0.15, -0.1) is 0 Å². The van der Waals surface area contributed by atoms with Gasteiger partial charge in [-0.2, -0.15) is 5.10 Å². The summed E-state index contributed by atoms with van der Waals surface area (Å²) in [4.78, 5) is 4.60. The number of pyridine rings is 1. The number of nitrogens with zero attached hydrogens (tertiary/aromatic N) is 3. The Balaban J connectivity index is 1.76. The summed E-state index contributed by atoms with van der Waals surface area (Å²) in [6.45, 7) is 1.74. The van der Waals surface area contributed by atoms with Gasteiger partial charge in [0.15, 0.2) is 0 Å². The summed E-state index contributed by atoms with van der Waals surface area (Å²) >= 11 is 0. The second-order valence-electron chi connectivity index (χ2n) is 5.09. The lowest BCUT2D eigenvalue weighted by Gasteiger charge is -2.20. The predicted molar refractivity (Wildman–Crippen MR) is 80.9 cm³/mol. The van der Waals surface area contributed by atoms with Gasteiger partial charge in [0.25, 0.3) is 0 Å². The number of hydrogen-bond acceptors (Lipinski definition) is 4. The maximum atomic E-state index is 5.23. The van der Waals surface area contributed by atoms with Gasteiger partial charge >= 0.3 is 0 Å². The van der Waals surface area contributed by atoms with Crippen LogP contribution in [0.25, 0.3) is 10.9 Å². The van der Waals surface area contributed by atoms with E-state index in [1.54, 1.807) is 7.11 Å². The van der Waals surface area contributed by atoms with Gasteiger partial charge in [0.2, 0.25) is 0 Å². The van der Waals surface area contributed by atoms with E-state index in [-0.39, 0.29) is 0 Å². The lowest BCUT2D eigenvalue weighted by molar-refractivity contribution is 0.118. The molecule has 0 spiro atoms. The highest BCUT2D eigenvalue weighted by molar-refractivity contribution is 5.84. The molecule has 0 saturated carbocycles. The second kappa shape index (κ2) is 6.01. The Bertz CT molecular complexity index is 611. The highest BCUT2D eigenvalue weighted by Crippen LogP contribution is 2.17. The van der Waals surface area contributed by atoms with Gasteiger partial charge < -0.3 is 4.74 Å². The Morgan fingerprint density at radius 2 is 2.25 bits per heavy atom. The van der Waals surface area contributed by atoms with Gasteiger partial charge in [-0.3, -0.25) is 5.01 Å². The van der Waals surface area contributed by atoms with Gasteiger partial charge in [-0.05, 0) is 25.0 Å². The van der Waals surface area contributed by atoms with E-state index in [1.165, 1.54) is 6.42 Å². The van der Waals surface area contributed by atoms with Crippen LogP contribution in [0.4, 0.5) is 0 Å². The summed E-state index contributed by atoms with van der Waals surface area (Å²) in [6, 6.07) is 12.6. The van der Waals surface area contributed by atoms with E-state index in [4.69, 9.17) is 4.74 Å². The first kappa shape index (κ1) is 13.1. The Hall–Kier alpha value is -1.94. The van der Waals surface area contributed by atoms with E-state index in [9.17, 15) is 0 Å². The van der Waals surface area contributed by atoms with Crippen LogP contribution in [0.5, 0.6) is 0 Å². The minimum Gasteiger partial charge on any atom is -0.382 e. The lowest BCUT2D eigenvalue weighted by Crippen LogP contribution is -2.28. The van der Waals surface area contributed by atoms with Gasteiger partial charge in [-0.1, -0.05) is 24.3 Å². The molecule has 1 aromatic heterocycles.